The van der Waals surface area contributed by atoms with Crippen molar-refractivity contribution in [2.24, 2.45) is 0 Å². The highest BCUT2D eigenvalue weighted by Crippen LogP contribution is 2.60. The van der Waals surface area contributed by atoms with Gasteiger partial charge in [-0.25, -0.2) is 0 Å². The van der Waals surface area contributed by atoms with Gasteiger partial charge in [-0.1, -0.05) is 23.4 Å². The Bertz CT molecular complexity index is 803. The van der Waals surface area contributed by atoms with Crippen LogP contribution >= 0.6 is 0 Å². The number of hydrogen-bond acceptors (Lipinski definition) is 3. The number of phenols is 1. The maximum absolute atomic E-state index is 11.0. The van der Waals surface area contributed by atoms with Gasteiger partial charge in [-0.05, 0) is 64.5 Å². The number of nitrogens with zero attached hydrogens (tertiary/aromatic N) is 1. The van der Waals surface area contributed by atoms with Crippen molar-refractivity contribution in [3.63, 3.8) is 0 Å². The fourth-order valence-electron chi connectivity index (χ4n) is 4.93. The smallest absolute Gasteiger partial charge is 0.350 e. The van der Waals surface area contributed by atoms with Crippen LogP contribution in [0.5, 0.6) is 11.5 Å². The van der Waals surface area contributed by atoms with Crippen molar-refractivity contribution in [3.8, 4) is 18.1 Å². The average molecular weight is 356 g/mol. The predicted octanol–water partition coefficient (Wildman–Crippen LogP) is 5.01. The molecule has 0 spiro atoms. The van der Waals surface area contributed by atoms with E-state index in [9.17, 15) is 10.2 Å². The van der Waals surface area contributed by atoms with Crippen molar-refractivity contribution >= 4 is 0 Å². The van der Waals surface area contributed by atoms with E-state index in [1.807, 2.05) is 6.92 Å². The molecule has 0 radical (unpaired) electrons. The Morgan fingerprint density at radius 2 is 2.15 bits per heavy atom. The number of aromatic hydroxyl groups is 1. The van der Waals surface area contributed by atoms with Gasteiger partial charge in [0.15, 0.2) is 0 Å². The molecule has 4 heteroatoms. The van der Waals surface area contributed by atoms with Crippen LogP contribution < -0.4 is 4.74 Å². The van der Waals surface area contributed by atoms with Crippen molar-refractivity contribution in [1.82, 2.24) is 0 Å². The first-order valence-electron chi connectivity index (χ1n) is 9.45. The Hall–Kier alpha value is -1.99. The lowest BCUT2D eigenvalue weighted by molar-refractivity contribution is -0.107. The molecule has 1 unspecified atom stereocenters. The van der Waals surface area contributed by atoms with Gasteiger partial charge in [0.25, 0.3) is 12.9 Å². The summed E-state index contributed by atoms with van der Waals surface area (Å²) in [5.41, 5.74) is 2.51. The van der Waals surface area contributed by atoms with Gasteiger partial charge >= 0.3 is 5.54 Å². The Morgan fingerprint density at radius 1 is 1.46 bits per heavy atom. The number of ether oxygens (including phenoxy) is 1. The minimum Gasteiger partial charge on any atom is -0.508 e. The molecular formula is C22H30NO3+. The first kappa shape index (κ1) is 18.8. The van der Waals surface area contributed by atoms with Gasteiger partial charge in [0.2, 0.25) is 0 Å². The van der Waals surface area contributed by atoms with Gasteiger partial charge in [0.1, 0.15) is 11.5 Å². The zero-order valence-corrected chi connectivity index (χ0v) is 16.5. The van der Waals surface area contributed by atoms with E-state index < -0.39 is 17.2 Å². The highest BCUT2D eigenvalue weighted by molar-refractivity contribution is 5.62. The van der Waals surface area contributed by atoms with E-state index in [1.54, 1.807) is 6.07 Å². The summed E-state index contributed by atoms with van der Waals surface area (Å²) < 4.78 is 5.99. The molecule has 1 aromatic rings. The second-order valence-corrected chi connectivity index (χ2v) is 8.45. The van der Waals surface area contributed by atoms with Crippen molar-refractivity contribution in [1.29, 1.82) is 0 Å². The molecule has 1 heterocycles. The highest BCUT2D eigenvalue weighted by Gasteiger charge is 2.69. The largest absolute Gasteiger partial charge is 0.508 e. The summed E-state index contributed by atoms with van der Waals surface area (Å²) in [7, 11) is 0. The summed E-state index contributed by atoms with van der Waals surface area (Å²) in [6.07, 6.45) is 4.13. The lowest BCUT2D eigenvalue weighted by Gasteiger charge is -2.49. The first-order chi connectivity index (χ1) is 12.2. The van der Waals surface area contributed by atoms with Crippen molar-refractivity contribution in [2.75, 3.05) is 0 Å². The Kier molecular flexibility index (Phi) is 4.56. The molecule has 0 saturated carbocycles. The maximum Gasteiger partial charge on any atom is 0.350 e. The number of rotatable bonds is 3. The Labute approximate surface area is 156 Å². The number of hydrogen-bond donors (Lipinski definition) is 2. The zero-order chi connectivity index (χ0) is 19.3. The van der Waals surface area contributed by atoms with Gasteiger partial charge in [0.05, 0.1) is 5.41 Å². The topological polar surface area (TPSA) is 54.0 Å². The molecular weight excluding hydrogens is 326 g/mol. The molecule has 1 aromatic carbocycles. The molecule has 1 aliphatic heterocycles. The van der Waals surface area contributed by atoms with Crippen LogP contribution in [0.15, 0.2) is 17.7 Å². The SMILES string of the molecule is C#[N+][C@@]1(CCC=C(C)C)C(O)Oc2c(C)cc(O)c3c2[C@@]1(C)CC[C@H]3C. The quantitative estimate of drug-likeness (QED) is 0.748. The molecule has 2 aliphatic rings. The normalized spacial score (nSPS) is 32.2. The number of aryl methyl sites for hydroxylation is 1. The van der Waals surface area contributed by atoms with Crippen LogP contribution in [0, 0.1) is 13.5 Å². The average Bonchev–Trinajstić information content (AvgIpc) is 2.56. The molecule has 0 aromatic heterocycles. The van der Waals surface area contributed by atoms with E-state index in [2.05, 4.69) is 38.6 Å². The first-order valence-corrected chi connectivity index (χ1v) is 9.45. The van der Waals surface area contributed by atoms with Gasteiger partial charge in [-0.15, -0.1) is 0 Å². The van der Waals surface area contributed by atoms with Crippen LogP contribution in [0.1, 0.15) is 76.0 Å². The summed E-state index contributed by atoms with van der Waals surface area (Å²) in [5, 5.41) is 21.6. The zero-order valence-electron chi connectivity index (χ0n) is 16.5. The number of phenolic OH excluding ortho intramolecular Hbond substituents is 1. The minimum absolute atomic E-state index is 0.226. The second kappa shape index (κ2) is 6.32. The standard InChI is InChI=1S/C22H29NO3/c1-13(2)8-7-10-22(23-6)20(25)26-19-15(4)12-16(24)17-14(3)9-11-21(22,5)18(17)19/h6,8,12,14,20,25H,7,9-11H2,1-5H3/p+1/t14-,20?,21-,22+/m1/s1. The van der Waals surface area contributed by atoms with Crippen LogP contribution in [-0.4, -0.2) is 22.0 Å². The molecule has 26 heavy (non-hydrogen) atoms. The number of allylic oxidation sites excluding steroid dienone is 2. The number of aliphatic hydroxyl groups is 1. The van der Waals surface area contributed by atoms with Crippen molar-refractivity contribution in [3.05, 3.63) is 39.3 Å². The Morgan fingerprint density at radius 3 is 2.77 bits per heavy atom. The summed E-state index contributed by atoms with van der Waals surface area (Å²) in [4.78, 5) is 4.25. The predicted molar refractivity (Wildman–Crippen MR) is 104 cm³/mol. The van der Waals surface area contributed by atoms with Gasteiger partial charge in [-0.2, -0.15) is 0 Å². The van der Waals surface area contributed by atoms with Crippen molar-refractivity contribution in [2.45, 2.75) is 83.5 Å². The minimum atomic E-state index is -1.11. The summed E-state index contributed by atoms with van der Waals surface area (Å²) in [6, 6.07) is 1.74. The maximum atomic E-state index is 11.0. The van der Waals surface area contributed by atoms with Gasteiger partial charge in [-0.3, -0.25) is 0 Å². The number of aliphatic hydroxyl groups excluding tert-OH is 1. The molecule has 0 bridgehead atoms. The third-order valence-electron chi connectivity index (χ3n) is 6.51. The molecule has 3 rings (SSSR count). The third-order valence-corrected chi connectivity index (χ3v) is 6.51. The molecule has 4 atom stereocenters. The molecule has 1 aliphatic carbocycles. The Balaban J connectivity index is 2.24. The monoisotopic (exact) mass is 356 g/mol. The molecule has 2 N–H and O–H groups in total. The second-order valence-electron chi connectivity index (χ2n) is 8.45. The van der Waals surface area contributed by atoms with Crippen molar-refractivity contribution < 1.29 is 14.9 Å². The fourth-order valence-corrected chi connectivity index (χ4v) is 4.93. The van der Waals surface area contributed by atoms with E-state index in [4.69, 9.17) is 11.3 Å². The van der Waals surface area contributed by atoms with Crippen LogP contribution in [-0.2, 0) is 5.41 Å². The summed E-state index contributed by atoms with van der Waals surface area (Å²) >= 11 is 0. The molecule has 0 fully saturated rings. The molecule has 0 saturated heterocycles. The van der Waals surface area contributed by atoms with E-state index >= 15 is 0 Å². The van der Waals surface area contributed by atoms with Gasteiger partial charge < -0.3 is 14.9 Å². The third kappa shape index (κ3) is 2.45. The highest BCUT2D eigenvalue weighted by atomic mass is 16.6. The number of benzene rings is 1. The van der Waals surface area contributed by atoms with E-state index in [0.29, 0.717) is 17.9 Å². The van der Waals surface area contributed by atoms with Crippen LogP contribution in [0.2, 0.25) is 0 Å². The van der Waals surface area contributed by atoms with Crippen LogP contribution in [0.3, 0.4) is 0 Å². The van der Waals surface area contributed by atoms with E-state index in [-0.39, 0.29) is 5.92 Å². The molecule has 4 nitrogen and oxygen atoms in total. The molecule has 0 amide bonds. The fraction of sp³-hybridized carbons (Fsp3) is 0.591. The molecule has 140 valence electrons. The summed E-state index contributed by atoms with van der Waals surface area (Å²) in [6.45, 7) is 16.2. The summed E-state index contributed by atoms with van der Waals surface area (Å²) in [5.74, 6) is 1.21. The van der Waals surface area contributed by atoms with Gasteiger partial charge in [0, 0.05) is 17.5 Å². The lowest BCUT2D eigenvalue weighted by Crippen LogP contribution is -2.61. The van der Waals surface area contributed by atoms with E-state index in [0.717, 1.165) is 36.0 Å². The van der Waals surface area contributed by atoms with Crippen LogP contribution in [0.4, 0.5) is 0 Å². The van der Waals surface area contributed by atoms with E-state index in [1.165, 1.54) is 5.57 Å². The lowest BCUT2D eigenvalue weighted by atomic mass is 9.55. The van der Waals surface area contributed by atoms with Crippen LogP contribution in [0.25, 0.3) is 4.85 Å².